The molecule has 0 amide bonds. The van der Waals surface area contributed by atoms with Crippen molar-refractivity contribution in [2.24, 2.45) is 0 Å². The first-order valence-corrected chi connectivity index (χ1v) is 8.82. The van der Waals surface area contributed by atoms with E-state index in [1.807, 2.05) is 26.0 Å². The SMILES string of the molecule is CCn1cc(S(=O)(=O)Nc2ccc(C)c3ncccc23)c(C)n1. The summed E-state index contributed by atoms with van der Waals surface area (Å²) in [6, 6.07) is 7.27. The van der Waals surface area contributed by atoms with E-state index in [0.29, 0.717) is 17.9 Å². The van der Waals surface area contributed by atoms with Gasteiger partial charge in [0.1, 0.15) is 4.90 Å². The predicted octanol–water partition coefficient (Wildman–Crippen LogP) is 2.87. The molecule has 1 N–H and O–H groups in total. The van der Waals surface area contributed by atoms with E-state index in [1.54, 1.807) is 36.1 Å². The van der Waals surface area contributed by atoms with Gasteiger partial charge in [0, 0.05) is 24.3 Å². The molecule has 0 aliphatic rings. The zero-order chi connectivity index (χ0) is 16.6. The van der Waals surface area contributed by atoms with Gasteiger partial charge < -0.3 is 0 Å². The molecule has 3 rings (SSSR count). The highest BCUT2D eigenvalue weighted by molar-refractivity contribution is 7.92. The van der Waals surface area contributed by atoms with Crippen LogP contribution < -0.4 is 4.72 Å². The normalized spacial score (nSPS) is 11.8. The molecule has 2 aromatic heterocycles. The number of benzene rings is 1. The van der Waals surface area contributed by atoms with E-state index in [0.717, 1.165) is 16.5 Å². The van der Waals surface area contributed by atoms with Crippen LogP contribution in [0.3, 0.4) is 0 Å². The van der Waals surface area contributed by atoms with Crippen LogP contribution in [-0.2, 0) is 16.6 Å². The van der Waals surface area contributed by atoms with Gasteiger partial charge >= 0.3 is 0 Å². The van der Waals surface area contributed by atoms with E-state index >= 15 is 0 Å². The van der Waals surface area contributed by atoms with Crippen LogP contribution in [0, 0.1) is 13.8 Å². The lowest BCUT2D eigenvalue weighted by molar-refractivity contribution is 0.600. The zero-order valence-electron chi connectivity index (χ0n) is 13.2. The molecule has 0 bridgehead atoms. The van der Waals surface area contributed by atoms with Gasteiger partial charge in [-0.3, -0.25) is 14.4 Å². The predicted molar refractivity (Wildman–Crippen MR) is 89.9 cm³/mol. The van der Waals surface area contributed by atoms with Gasteiger partial charge in [-0.15, -0.1) is 0 Å². The topological polar surface area (TPSA) is 76.9 Å². The van der Waals surface area contributed by atoms with Crippen molar-refractivity contribution in [3.05, 3.63) is 47.9 Å². The van der Waals surface area contributed by atoms with Crippen molar-refractivity contribution < 1.29 is 8.42 Å². The van der Waals surface area contributed by atoms with Crippen LogP contribution in [0.2, 0.25) is 0 Å². The van der Waals surface area contributed by atoms with Crippen molar-refractivity contribution in [1.29, 1.82) is 0 Å². The molecule has 23 heavy (non-hydrogen) atoms. The van der Waals surface area contributed by atoms with Crippen LogP contribution in [0.5, 0.6) is 0 Å². The molecule has 3 aromatic rings. The highest BCUT2D eigenvalue weighted by Crippen LogP contribution is 2.27. The van der Waals surface area contributed by atoms with Crippen molar-refractivity contribution >= 4 is 26.6 Å². The quantitative estimate of drug-likeness (QED) is 0.798. The molecule has 7 heteroatoms. The molecule has 0 unspecified atom stereocenters. The molecule has 6 nitrogen and oxygen atoms in total. The molecule has 0 spiro atoms. The molecule has 0 saturated carbocycles. The van der Waals surface area contributed by atoms with Gasteiger partial charge in [-0.05, 0) is 44.5 Å². The summed E-state index contributed by atoms with van der Waals surface area (Å²) in [4.78, 5) is 4.52. The number of hydrogen-bond acceptors (Lipinski definition) is 4. The molecule has 2 heterocycles. The highest BCUT2D eigenvalue weighted by Gasteiger charge is 2.21. The Kier molecular flexibility index (Phi) is 3.81. The second-order valence-electron chi connectivity index (χ2n) is 5.37. The molecular formula is C16H18N4O2S. The second-order valence-corrected chi connectivity index (χ2v) is 7.02. The number of nitrogens with zero attached hydrogens (tertiary/aromatic N) is 3. The number of fused-ring (bicyclic) bond motifs is 1. The fraction of sp³-hybridized carbons (Fsp3) is 0.250. The smallest absolute Gasteiger partial charge is 0.265 e. The Morgan fingerprint density at radius 3 is 2.70 bits per heavy atom. The second kappa shape index (κ2) is 5.66. The van der Waals surface area contributed by atoms with Crippen LogP contribution in [-0.4, -0.2) is 23.2 Å². The molecule has 1 aromatic carbocycles. The Balaban J connectivity index is 2.07. The number of aryl methyl sites for hydroxylation is 3. The van der Waals surface area contributed by atoms with Crippen LogP contribution in [0.15, 0.2) is 41.6 Å². The monoisotopic (exact) mass is 330 g/mol. The van der Waals surface area contributed by atoms with Crippen molar-refractivity contribution in [3.8, 4) is 0 Å². The summed E-state index contributed by atoms with van der Waals surface area (Å²) >= 11 is 0. The van der Waals surface area contributed by atoms with Crippen molar-refractivity contribution in [2.75, 3.05) is 4.72 Å². The number of hydrogen-bond donors (Lipinski definition) is 1. The molecule has 0 atom stereocenters. The Bertz CT molecular complexity index is 977. The summed E-state index contributed by atoms with van der Waals surface area (Å²) in [5.41, 5.74) is 2.78. The number of sulfonamides is 1. The lowest BCUT2D eigenvalue weighted by atomic mass is 10.1. The van der Waals surface area contributed by atoms with Crippen molar-refractivity contribution in [2.45, 2.75) is 32.2 Å². The minimum atomic E-state index is -3.70. The Morgan fingerprint density at radius 1 is 1.22 bits per heavy atom. The third-order valence-electron chi connectivity index (χ3n) is 3.73. The van der Waals surface area contributed by atoms with Crippen LogP contribution in [0.4, 0.5) is 5.69 Å². The van der Waals surface area contributed by atoms with E-state index in [-0.39, 0.29) is 4.90 Å². The highest BCUT2D eigenvalue weighted by atomic mass is 32.2. The molecule has 0 saturated heterocycles. The molecule has 0 aliphatic heterocycles. The maximum Gasteiger partial charge on any atom is 0.265 e. The number of nitrogens with one attached hydrogen (secondary N) is 1. The lowest BCUT2D eigenvalue weighted by Crippen LogP contribution is -2.14. The van der Waals surface area contributed by atoms with Gasteiger partial charge in [-0.1, -0.05) is 6.07 Å². The van der Waals surface area contributed by atoms with Gasteiger partial charge in [0.15, 0.2) is 0 Å². The number of pyridine rings is 1. The molecule has 0 aliphatic carbocycles. The third kappa shape index (κ3) is 2.79. The summed E-state index contributed by atoms with van der Waals surface area (Å²) < 4.78 is 29.7. The van der Waals surface area contributed by atoms with E-state index in [9.17, 15) is 8.42 Å². The van der Waals surface area contributed by atoms with Gasteiger partial charge in [0.25, 0.3) is 10.0 Å². The van der Waals surface area contributed by atoms with E-state index in [4.69, 9.17) is 0 Å². The molecule has 0 radical (unpaired) electrons. The Morgan fingerprint density at radius 2 is 2.00 bits per heavy atom. The first-order valence-electron chi connectivity index (χ1n) is 7.33. The average Bonchev–Trinajstić information content (AvgIpc) is 2.92. The summed E-state index contributed by atoms with van der Waals surface area (Å²) in [5, 5.41) is 4.97. The van der Waals surface area contributed by atoms with E-state index in [2.05, 4.69) is 14.8 Å². The van der Waals surface area contributed by atoms with Gasteiger partial charge in [-0.2, -0.15) is 5.10 Å². The lowest BCUT2D eigenvalue weighted by Gasteiger charge is -2.11. The third-order valence-corrected chi connectivity index (χ3v) is 5.20. The molecule has 0 fully saturated rings. The van der Waals surface area contributed by atoms with Crippen LogP contribution >= 0.6 is 0 Å². The number of anilines is 1. The minimum Gasteiger partial charge on any atom is -0.279 e. The first kappa shape index (κ1) is 15.5. The van der Waals surface area contributed by atoms with E-state index < -0.39 is 10.0 Å². The van der Waals surface area contributed by atoms with Crippen LogP contribution in [0.1, 0.15) is 18.2 Å². The van der Waals surface area contributed by atoms with Gasteiger partial charge in [-0.25, -0.2) is 8.42 Å². The van der Waals surface area contributed by atoms with Crippen molar-refractivity contribution in [3.63, 3.8) is 0 Å². The maximum atomic E-state index is 12.7. The summed E-state index contributed by atoms with van der Waals surface area (Å²) in [5.74, 6) is 0. The van der Waals surface area contributed by atoms with E-state index in [1.165, 1.54) is 0 Å². The fourth-order valence-corrected chi connectivity index (χ4v) is 3.80. The number of rotatable bonds is 4. The fourth-order valence-electron chi connectivity index (χ4n) is 2.53. The molecule has 120 valence electrons. The summed E-state index contributed by atoms with van der Waals surface area (Å²) in [6.45, 7) is 6.17. The Labute approximate surface area is 135 Å². The van der Waals surface area contributed by atoms with Crippen molar-refractivity contribution in [1.82, 2.24) is 14.8 Å². The number of aromatic nitrogens is 3. The zero-order valence-corrected chi connectivity index (χ0v) is 14.1. The average molecular weight is 330 g/mol. The standard InChI is InChI=1S/C16H18N4O2S/c1-4-20-10-15(12(3)18-20)23(21,22)19-14-8-7-11(2)16-13(14)6-5-9-17-16/h5-10,19H,4H2,1-3H3. The maximum absolute atomic E-state index is 12.7. The minimum absolute atomic E-state index is 0.192. The molecular weight excluding hydrogens is 312 g/mol. The van der Waals surface area contributed by atoms with Gasteiger partial charge in [0.2, 0.25) is 0 Å². The van der Waals surface area contributed by atoms with Gasteiger partial charge in [0.05, 0.1) is 16.9 Å². The largest absolute Gasteiger partial charge is 0.279 e. The van der Waals surface area contributed by atoms with Crippen LogP contribution in [0.25, 0.3) is 10.9 Å². The Hall–Kier alpha value is -2.41. The summed E-state index contributed by atoms with van der Waals surface area (Å²) in [7, 11) is -3.70. The summed E-state index contributed by atoms with van der Waals surface area (Å²) in [6.07, 6.45) is 3.25. The first-order chi connectivity index (χ1) is 10.9.